The number of carbonyl (C=O) groups excluding carboxylic acids is 2. The molecule has 0 aliphatic carbocycles. The third-order valence-electron chi connectivity index (χ3n) is 13.5. The molecule has 3 atom stereocenters. The van der Waals surface area contributed by atoms with Gasteiger partial charge in [0.15, 0.2) is 0 Å². The lowest BCUT2D eigenvalue weighted by atomic mass is 10.0. The molecule has 0 aliphatic heterocycles. The Kier molecular flexibility index (Phi) is 53.0. The summed E-state index contributed by atoms with van der Waals surface area (Å²) >= 11 is 0. The van der Waals surface area contributed by atoms with Crippen molar-refractivity contribution in [1.29, 1.82) is 0 Å². The van der Waals surface area contributed by atoms with E-state index < -0.39 is 18.2 Å². The fourth-order valence-corrected chi connectivity index (χ4v) is 9.09. The average molecular weight is 941 g/mol. The molecule has 392 valence electrons. The third-order valence-corrected chi connectivity index (χ3v) is 13.5. The summed E-state index contributed by atoms with van der Waals surface area (Å²) in [5, 5.41) is 23.9. The molecule has 6 heteroatoms. The third kappa shape index (κ3) is 50.0. The molecule has 3 unspecified atom stereocenters. The van der Waals surface area contributed by atoms with Crippen molar-refractivity contribution in [3.63, 3.8) is 0 Å². The van der Waals surface area contributed by atoms with Crippen LogP contribution in [-0.4, -0.2) is 46.9 Å². The second-order valence-electron chi connectivity index (χ2n) is 20.1. The average Bonchev–Trinajstić information content (AvgIpc) is 3.32. The first-order chi connectivity index (χ1) is 33.0. The number of allylic oxidation sites excluding steroid dienone is 8. The van der Waals surface area contributed by atoms with Gasteiger partial charge in [-0.15, -0.1) is 0 Å². The van der Waals surface area contributed by atoms with Gasteiger partial charge in [0.2, 0.25) is 5.91 Å². The lowest BCUT2D eigenvalue weighted by Gasteiger charge is -2.24. The smallest absolute Gasteiger partial charge is 0.306 e. The van der Waals surface area contributed by atoms with E-state index in [2.05, 4.69) is 56.5 Å². The van der Waals surface area contributed by atoms with Crippen LogP contribution in [0.1, 0.15) is 303 Å². The van der Waals surface area contributed by atoms with Crippen molar-refractivity contribution in [2.24, 2.45) is 0 Å². The number of aliphatic hydroxyl groups excluding tert-OH is 2. The first-order valence-electron chi connectivity index (χ1n) is 29.4. The van der Waals surface area contributed by atoms with Crippen molar-refractivity contribution in [3.05, 3.63) is 48.6 Å². The number of amides is 1. The van der Waals surface area contributed by atoms with E-state index >= 15 is 0 Å². The number of hydrogen-bond acceptors (Lipinski definition) is 5. The molecular formula is C61H113NO5. The lowest BCUT2D eigenvalue weighted by molar-refractivity contribution is -0.151. The normalized spacial score (nSPS) is 13.4. The first-order valence-corrected chi connectivity index (χ1v) is 29.4. The number of esters is 1. The summed E-state index contributed by atoms with van der Waals surface area (Å²) in [7, 11) is 0. The second kappa shape index (κ2) is 54.8. The van der Waals surface area contributed by atoms with Gasteiger partial charge in [0.1, 0.15) is 6.10 Å². The molecule has 0 rings (SSSR count). The topological polar surface area (TPSA) is 95.9 Å². The lowest BCUT2D eigenvalue weighted by Crippen LogP contribution is -2.46. The van der Waals surface area contributed by atoms with Gasteiger partial charge in [0, 0.05) is 6.42 Å². The number of carbonyl (C=O) groups is 2. The van der Waals surface area contributed by atoms with Gasteiger partial charge in [-0.1, -0.05) is 294 Å². The minimum Gasteiger partial charge on any atom is -0.462 e. The Morgan fingerprint density at radius 2 is 0.806 bits per heavy atom. The van der Waals surface area contributed by atoms with E-state index in [-0.39, 0.29) is 24.9 Å². The van der Waals surface area contributed by atoms with Crippen LogP contribution in [0.25, 0.3) is 0 Å². The summed E-state index contributed by atoms with van der Waals surface area (Å²) in [6, 6.07) is -0.706. The van der Waals surface area contributed by atoms with Crippen LogP contribution >= 0.6 is 0 Å². The highest BCUT2D eigenvalue weighted by Crippen LogP contribution is 2.19. The minimum atomic E-state index is -0.792. The maximum atomic E-state index is 13.3. The van der Waals surface area contributed by atoms with Gasteiger partial charge in [-0.3, -0.25) is 9.59 Å². The van der Waals surface area contributed by atoms with Gasteiger partial charge in [0.05, 0.1) is 25.2 Å². The largest absolute Gasteiger partial charge is 0.462 e. The zero-order chi connectivity index (χ0) is 48.8. The van der Waals surface area contributed by atoms with E-state index in [0.29, 0.717) is 19.3 Å². The Morgan fingerprint density at radius 3 is 1.22 bits per heavy atom. The SMILES string of the molecule is CC/C=C/C=C/C=C/C=C\CCCCCCCC(=O)OC(CCCCCCCCCCCCCCCCCCC)CC(=O)NC(CO)C(O)CCCCCCCCCCCCCCCCCC. The Hall–Kier alpha value is -2.18. The van der Waals surface area contributed by atoms with E-state index in [9.17, 15) is 19.8 Å². The second-order valence-corrected chi connectivity index (χ2v) is 20.1. The molecule has 0 heterocycles. The number of unbranched alkanes of at least 4 members (excludes halogenated alkanes) is 36. The van der Waals surface area contributed by atoms with Crippen molar-refractivity contribution in [2.45, 2.75) is 322 Å². The quantitative estimate of drug-likeness (QED) is 0.0321. The predicted octanol–water partition coefficient (Wildman–Crippen LogP) is 18.2. The monoisotopic (exact) mass is 940 g/mol. The number of aliphatic hydroxyl groups is 2. The molecule has 0 aliphatic rings. The molecular weight excluding hydrogens is 827 g/mol. The molecule has 67 heavy (non-hydrogen) atoms. The van der Waals surface area contributed by atoms with Crippen LogP contribution in [0.4, 0.5) is 0 Å². The highest BCUT2D eigenvalue weighted by Gasteiger charge is 2.24. The molecule has 0 saturated heterocycles. The highest BCUT2D eigenvalue weighted by molar-refractivity contribution is 5.77. The van der Waals surface area contributed by atoms with Gasteiger partial charge >= 0.3 is 5.97 Å². The van der Waals surface area contributed by atoms with Crippen molar-refractivity contribution in [2.75, 3.05) is 6.61 Å². The Morgan fingerprint density at radius 1 is 0.448 bits per heavy atom. The van der Waals surface area contributed by atoms with Crippen molar-refractivity contribution >= 4 is 11.9 Å². The number of rotatable bonds is 53. The Bertz CT molecular complexity index is 1150. The van der Waals surface area contributed by atoms with Crippen LogP contribution in [0.3, 0.4) is 0 Å². The Labute approximate surface area is 416 Å². The number of nitrogens with one attached hydrogen (secondary N) is 1. The summed E-state index contributed by atoms with van der Waals surface area (Å²) in [6.45, 7) is 6.38. The summed E-state index contributed by atoms with van der Waals surface area (Å²) in [5.74, 6) is -0.485. The molecule has 3 N–H and O–H groups in total. The van der Waals surface area contributed by atoms with E-state index in [1.807, 2.05) is 18.2 Å². The van der Waals surface area contributed by atoms with E-state index in [1.54, 1.807) is 0 Å². The summed E-state index contributed by atoms with van der Waals surface area (Å²) in [4.78, 5) is 26.3. The molecule has 0 aromatic rings. The number of hydrogen-bond donors (Lipinski definition) is 3. The zero-order valence-corrected chi connectivity index (χ0v) is 44.8. The van der Waals surface area contributed by atoms with Gasteiger partial charge in [0.25, 0.3) is 0 Å². The molecule has 0 bridgehead atoms. The van der Waals surface area contributed by atoms with Crippen LogP contribution < -0.4 is 5.32 Å². The molecule has 0 aromatic heterocycles. The Balaban J connectivity index is 4.56. The van der Waals surface area contributed by atoms with Crippen LogP contribution in [0.5, 0.6) is 0 Å². The maximum absolute atomic E-state index is 13.3. The molecule has 1 amide bonds. The molecule has 0 aromatic carbocycles. The van der Waals surface area contributed by atoms with Gasteiger partial charge in [-0.25, -0.2) is 0 Å². The maximum Gasteiger partial charge on any atom is 0.306 e. The van der Waals surface area contributed by atoms with E-state index in [4.69, 9.17) is 4.74 Å². The summed E-state index contributed by atoms with van der Waals surface area (Å²) in [5.41, 5.74) is 0. The van der Waals surface area contributed by atoms with E-state index in [0.717, 1.165) is 70.6 Å². The van der Waals surface area contributed by atoms with Crippen molar-refractivity contribution < 1.29 is 24.5 Å². The fourth-order valence-electron chi connectivity index (χ4n) is 9.09. The fraction of sp³-hybridized carbons (Fsp3) is 0.836. The van der Waals surface area contributed by atoms with Crippen LogP contribution in [0, 0.1) is 0 Å². The van der Waals surface area contributed by atoms with Gasteiger partial charge in [-0.05, 0) is 44.9 Å². The molecule has 0 radical (unpaired) electrons. The van der Waals surface area contributed by atoms with Crippen molar-refractivity contribution in [3.8, 4) is 0 Å². The summed E-state index contributed by atoms with van der Waals surface area (Å²) in [6.07, 6.45) is 67.5. The number of ether oxygens (including phenoxy) is 1. The minimum absolute atomic E-state index is 0.0712. The molecule has 0 spiro atoms. The van der Waals surface area contributed by atoms with Gasteiger partial charge in [-0.2, -0.15) is 0 Å². The first kappa shape index (κ1) is 64.8. The van der Waals surface area contributed by atoms with E-state index in [1.165, 1.54) is 186 Å². The predicted molar refractivity (Wildman–Crippen MR) is 292 cm³/mol. The molecule has 0 fully saturated rings. The van der Waals surface area contributed by atoms with Gasteiger partial charge < -0.3 is 20.3 Å². The molecule has 0 saturated carbocycles. The van der Waals surface area contributed by atoms with Crippen molar-refractivity contribution in [1.82, 2.24) is 5.32 Å². The highest BCUT2D eigenvalue weighted by atomic mass is 16.5. The summed E-state index contributed by atoms with van der Waals surface area (Å²) < 4.78 is 5.96. The van der Waals surface area contributed by atoms with Crippen LogP contribution in [-0.2, 0) is 14.3 Å². The van der Waals surface area contributed by atoms with Crippen LogP contribution in [0.2, 0.25) is 0 Å². The standard InChI is InChI=1S/C61H113NO5/c1-4-7-10-13-16-19-22-25-28-30-32-34-37-40-43-46-49-52-57(67-61(66)54-51-48-45-42-39-36-31-27-24-21-18-15-12-9-6-3)55-60(65)62-58(56-63)59(64)53-50-47-44-41-38-35-33-29-26-23-20-17-14-11-8-5-2/h9,12,15,18,21,24,27,31,57-59,63-64H,4-8,10-11,13-14,16-17,19-20,22-23,25-26,28-30,32-56H2,1-3H3,(H,62,65)/b12-9+,18-15+,24-21+,31-27-. The molecule has 6 nitrogen and oxygen atoms in total. The zero-order valence-electron chi connectivity index (χ0n) is 44.8. The van der Waals surface area contributed by atoms with Crippen LogP contribution in [0.15, 0.2) is 48.6 Å².